The van der Waals surface area contributed by atoms with E-state index in [1.165, 1.54) is 4.70 Å². The van der Waals surface area contributed by atoms with Crippen molar-refractivity contribution in [2.75, 3.05) is 13.1 Å². The molecule has 4 heteroatoms. The first-order valence-corrected chi connectivity index (χ1v) is 6.01. The van der Waals surface area contributed by atoms with Crippen molar-refractivity contribution in [3.05, 3.63) is 34.2 Å². The van der Waals surface area contributed by atoms with Gasteiger partial charge >= 0.3 is 0 Å². The van der Waals surface area contributed by atoms with E-state index in [4.69, 9.17) is 11.6 Å². The Morgan fingerprint density at radius 2 is 2.20 bits per heavy atom. The molecule has 76 valence electrons. The van der Waals surface area contributed by atoms with Gasteiger partial charge in [-0.2, -0.15) is 0 Å². The number of nitrogens with one attached hydrogen (secondary N) is 1. The van der Waals surface area contributed by atoms with Crippen LogP contribution in [-0.2, 0) is 0 Å². The average Bonchev–Trinajstić information content (AvgIpc) is 2.87. The van der Waals surface area contributed by atoms with Gasteiger partial charge in [0.2, 0.25) is 0 Å². The van der Waals surface area contributed by atoms with Crippen LogP contribution in [-0.4, -0.2) is 18.9 Å². The lowest BCUT2D eigenvalue weighted by Gasteiger charge is -1.97. The third kappa shape index (κ3) is 1.43. The summed E-state index contributed by atoms with van der Waals surface area (Å²) in [7, 11) is 0. The topological polar surface area (TPSA) is 24.4 Å². The van der Waals surface area contributed by atoms with E-state index in [1.807, 2.05) is 18.2 Å². The zero-order chi connectivity index (χ0) is 10.3. The number of amidine groups is 1. The van der Waals surface area contributed by atoms with Gasteiger partial charge in [-0.3, -0.25) is 4.99 Å². The number of halogens is 1. The first-order valence-electron chi connectivity index (χ1n) is 4.82. The second kappa shape index (κ2) is 3.51. The van der Waals surface area contributed by atoms with Gasteiger partial charge in [0.05, 0.1) is 16.4 Å². The average molecular weight is 237 g/mol. The molecule has 3 rings (SSSR count). The molecule has 1 N–H and O–H groups in total. The minimum absolute atomic E-state index is 0.823. The fourth-order valence-electron chi connectivity index (χ4n) is 1.72. The second-order valence-electron chi connectivity index (χ2n) is 3.40. The molecule has 1 aliphatic heterocycles. The highest BCUT2D eigenvalue weighted by Gasteiger charge is 2.16. The molecule has 0 atom stereocenters. The van der Waals surface area contributed by atoms with Crippen molar-refractivity contribution in [1.29, 1.82) is 0 Å². The zero-order valence-electron chi connectivity index (χ0n) is 7.96. The van der Waals surface area contributed by atoms with Crippen LogP contribution >= 0.6 is 22.9 Å². The number of aliphatic imine (C=N–C) groups is 1. The molecule has 1 aromatic heterocycles. The minimum Gasteiger partial charge on any atom is -0.367 e. The lowest BCUT2D eigenvalue weighted by Crippen LogP contribution is -2.18. The SMILES string of the molecule is Clc1c(C2=NCCN2)sc2ccccc12. The van der Waals surface area contributed by atoms with E-state index >= 15 is 0 Å². The summed E-state index contributed by atoms with van der Waals surface area (Å²) in [5, 5.41) is 5.19. The smallest absolute Gasteiger partial charge is 0.140 e. The highest BCUT2D eigenvalue weighted by molar-refractivity contribution is 7.21. The van der Waals surface area contributed by atoms with Crippen LogP contribution in [0.3, 0.4) is 0 Å². The lowest BCUT2D eigenvalue weighted by atomic mass is 10.2. The van der Waals surface area contributed by atoms with E-state index in [2.05, 4.69) is 16.4 Å². The maximum absolute atomic E-state index is 6.33. The van der Waals surface area contributed by atoms with Gasteiger partial charge in [-0.25, -0.2) is 0 Å². The van der Waals surface area contributed by atoms with Gasteiger partial charge in [-0.05, 0) is 6.07 Å². The summed E-state index contributed by atoms with van der Waals surface area (Å²) in [6.07, 6.45) is 0. The van der Waals surface area contributed by atoms with Crippen molar-refractivity contribution in [2.24, 2.45) is 4.99 Å². The van der Waals surface area contributed by atoms with Crippen LogP contribution in [0.2, 0.25) is 5.02 Å². The molecule has 0 aliphatic carbocycles. The van der Waals surface area contributed by atoms with Crippen LogP contribution in [0, 0.1) is 0 Å². The van der Waals surface area contributed by atoms with Crippen molar-refractivity contribution in [2.45, 2.75) is 0 Å². The molecule has 1 aromatic carbocycles. The van der Waals surface area contributed by atoms with Crippen molar-refractivity contribution in [3.8, 4) is 0 Å². The number of rotatable bonds is 1. The Hall–Kier alpha value is -1.06. The van der Waals surface area contributed by atoms with Crippen LogP contribution in [0.15, 0.2) is 29.3 Å². The van der Waals surface area contributed by atoms with Gasteiger partial charge in [0, 0.05) is 16.6 Å². The molecule has 0 saturated heterocycles. The van der Waals surface area contributed by atoms with E-state index in [-0.39, 0.29) is 0 Å². The van der Waals surface area contributed by atoms with E-state index in [1.54, 1.807) is 11.3 Å². The summed E-state index contributed by atoms with van der Waals surface area (Å²) in [4.78, 5) is 5.46. The molecule has 0 radical (unpaired) electrons. The fourth-order valence-corrected chi connectivity index (χ4v) is 3.22. The molecule has 0 bridgehead atoms. The predicted molar refractivity (Wildman–Crippen MR) is 66.2 cm³/mol. The molecule has 15 heavy (non-hydrogen) atoms. The molecule has 0 spiro atoms. The number of nitrogens with zero attached hydrogens (tertiary/aromatic N) is 1. The highest BCUT2D eigenvalue weighted by atomic mass is 35.5. The second-order valence-corrected chi connectivity index (χ2v) is 4.83. The molecule has 2 nitrogen and oxygen atoms in total. The molecule has 0 fully saturated rings. The molecule has 0 amide bonds. The molecule has 0 saturated carbocycles. The molecule has 2 heterocycles. The summed E-state index contributed by atoms with van der Waals surface area (Å²) in [5.41, 5.74) is 0. The van der Waals surface area contributed by atoms with Crippen LogP contribution in [0.1, 0.15) is 4.88 Å². The van der Waals surface area contributed by atoms with E-state index < -0.39 is 0 Å². The maximum Gasteiger partial charge on any atom is 0.140 e. The summed E-state index contributed by atoms with van der Waals surface area (Å²) in [5.74, 6) is 0.946. The van der Waals surface area contributed by atoms with Gasteiger partial charge in [-0.15, -0.1) is 11.3 Å². The fraction of sp³-hybridized carbons (Fsp3) is 0.182. The Morgan fingerprint density at radius 1 is 1.33 bits per heavy atom. The van der Waals surface area contributed by atoms with Crippen molar-refractivity contribution < 1.29 is 0 Å². The van der Waals surface area contributed by atoms with E-state index in [9.17, 15) is 0 Å². The van der Waals surface area contributed by atoms with E-state index in [0.29, 0.717) is 0 Å². The number of hydrogen-bond donors (Lipinski definition) is 1. The van der Waals surface area contributed by atoms with Gasteiger partial charge in [0.1, 0.15) is 5.84 Å². The molecule has 2 aromatic rings. The standard InChI is InChI=1S/C11H9ClN2S/c12-9-7-3-1-2-4-8(7)15-10(9)11-13-5-6-14-11/h1-4H,5-6H2,(H,13,14). The van der Waals surface area contributed by atoms with Crippen LogP contribution in [0.5, 0.6) is 0 Å². The first-order chi connectivity index (χ1) is 7.36. The van der Waals surface area contributed by atoms with Crippen molar-refractivity contribution >= 4 is 38.9 Å². The molecule has 1 aliphatic rings. The number of hydrogen-bond acceptors (Lipinski definition) is 3. The third-order valence-corrected chi connectivity index (χ3v) is 4.11. The normalized spacial score (nSPS) is 15.4. The van der Waals surface area contributed by atoms with Crippen LogP contribution in [0.4, 0.5) is 0 Å². The van der Waals surface area contributed by atoms with Crippen LogP contribution < -0.4 is 5.32 Å². The quantitative estimate of drug-likeness (QED) is 0.809. The Labute approximate surface area is 96.6 Å². The summed E-state index contributed by atoms with van der Waals surface area (Å²) >= 11 is 8.02. The zero-order valence-corrected chi connectivity index (χ0v) is 9.53. The first kappa shape index (κ1) is 9.19. The number of fused-ring (bicyclic) bond motifs is 1. The van der Waals surface area contributed by atoms with Gasteiger partial charge < -0.3 is 5.32 Å². The number of benzene rings is 1. The number of thiophene rings is 1. The third-order valence-electron chi connectivity index (χ3n) is 2.42. The Bertz CT molecular complexity index is 545. The monoisotopic (exact) mass is 236 g/mol. The molecular formula is C11H9ClN2S. The Balaban J connectivity index is 2.23. The molecule has 0 unspecified atom stereocenters. The van der Waals surface area contributed by atoms with E-state index in [0.717, 1.165) is 34.2 Å². The Morgan fingerprint density at radius 3 is 2.93 bits per heavy atom. The molecular weight excluding hydrogens is 228 g/mol. The summed E-state index contributed by atoms with van der Waals surface area (Å²) < 4.78 is 1.22. The van der Waals surface area contributed by atoms with Crippen LogP contribution in [0.25, 0.3) is 10.1 Å². The minimum atomic E-state index is 0.823. The largest absolute Gasteiger partial charge is 0.367 e. The maximum atomic E-state index is 6.33. The highest BCUT2D eigenvalue weighted by Crippen LogP contribution is 2.35. The Kier molecular flexibility index (Phi) is 2.15. The summed E-state index contributed by atoms with van der Waals surface area (Å²) in [6, 6.07) is 8.18. The lowest BCUT2D eigenvalue weighted by molar-refractivity contribution is 0.960. The van der Waals surface area contributed by atoms with Crippen molar-refractivity contribution in [1.82, 2.24) is 5.32 Å². The summed E-state index contributed by atoms with van der Waals surface area (Å²) in [6.45, 7) is 1.76. The van der Waals surface area contributed by atoms with Gasteiger partial charge in [0.15, 0.2) is 0 Å². The van der Waals surface area contributed by atoms with Crippen molar-refractivity contribution in [3.63, 3.8) is 0 Å². The predicted octanol–water partition coefficient (Wildman–Crippen LogP) is 2.90. The van der Waals surface area contributed by atoms with Gasteiger partial charge in [0.25, 0.3) is 0 Å². The van der Waals surface area contributed by atoms with Gasteiger partial charge in [-0.1, -0.05) is 29.8 Å².